The number of carbonyl (C=O) groups excluding carboxylic acids is 1. The smallest absolute Gasteiger partial charge is 0.337 e. The number of benzene rings is 1. The van der Waals surface area contributed by atoms with E-state index in [1.807, 2.05) is 6.92 Å². The van der Waals surface area contributed by atoms with E-state index in [-0.39, 0.29) is 11.3 Å². The third-order valence-corrected chi connectivity index (χ3v) is 4.16. The number of hydrogen-bond acceptors (Lipinski definition) is 5. The van der Waals surface area contributed by atoms with Gasteiger partial charge in [0, 0.05) is 4.47 Å². The molecule has 0 unspecified atom stereocenters. The highest BCUT2D eigenvalue weighted by Crippen LogP contribution is 2.27. The van der Waals surface area contributed by atoms with Crippen LogP contribution in [0.1, 0.15) is 39.1 Å². The van der Waals surface area contributed by atoms with E-state index in [0.717, 1.165) is 18.0 Å². The van der Waals surface area contributed by atoms with Crippen LogP contribution in [0.4, 0.5) is 5.69 Å². The molecule has 0 radical (unpaired) electrons. The van der Waals surface area contributed by atoms with Gasteiger partial charge in [-0.2, -0.15) is 0 Å². The molecular formula is C13H12BrN3O3S. The largest absolute Gasteiger partial charge is 0.478 e. The second kappa shape index (κ2) is 6.77. The third kappa shape index (κ3) is 3.45. The van der Waals surface area contributed by atoms with Gasteiger partial charge in [0.05, 0.1) is 16.9 Å². The van der Waals surface area contributed by atoms with Gasteiger partial charge >= 0.3 is 5.97 Å². The van der Waals surface area contributed by atoms with Crippen molar-refractivity contribution in [2.24, 2.45) is 0 Å². The molecule has 0 saturated carbocycles. The van der Waals surface area contributed by atoms with Crippen molar-refractivity contribution < 1.29 is 14.7 Å². The number of carbonyl (C=O) groups is 2. The van der Waals surface area contributed by atoms with Crippen LogP contribution in [0.25, 0.3) is 0 Å². The maximum Gasteiger partial charge on any atom is 0.337 e. The van der Waals surface area contributed by atoms with Gasteiger partial charge in [0.25, 0.3) is 5.91 Å². The summed E-state index contributed by atoms with van der Waals surface area (Å²) in [5.74, 6) is -1.51. The molecule has 0 bridgehead atoms. The van der Waals surface area contributed by atoms with Crippen molar-refractivity contribution in [1.82, 2.24) is 9.59 Å². The van der Waals surface area contributed by atoms with Crippen LogP contribution in [0.5, 0.6) is 0 Å². The summed E-state index contributed by atoms with van der Waals surface area (Å²) in [6.45, 7) is 1.98. The summed E-state index contributed by atoms with van der Waals surface area (Å²) >= 11 is 4.25. The Hall–Kier alpha value is -1.80. The van der Waals surface area contributed by atoms with Crippen LogP contribution in [0.15, 0.2) is 22.7 Å². The van der Waals surface area contributed by atoms with Gasteiger partial charge in [-0.05, 0) is 46.0 Å². The zero-order chi connectivity index (χ0) is 15.4. The lowest BCUT2D eigenvalue weighted by Crippen LogP contribution is -2.15. The van der Waals surface area contributed by atoms with Gasteiger partial charge in [-0.25, -0.2) is 4.79 Å². The van der Waals surface area contributed by atoms with Crippen molar-refractivity contribution >= 4 is 45.0 Å². The Labute approximate surface area is 133 Å². The maximum absolute atomic E-state index is 12.3. The van der Waals surface area contributed by atoms with Crippen LogP contribution >= 0.6 is 27.5 Å². The second-order valence-corrected chi connectivity index (χ2v) is 5.83. The average Bonchev–Trinajstić information content (AvgIpc) is 2.89. The van der Waals surface area contributed by atoms with Gasteiger partial charge in [-0.3, -0.25) is 4.79 Å². The minimum atomic E-state index is -1.11. The molecule has 0 aliphatic heterocycles. The molecule has 21 heavy (non-hydrogen) atoms. The van der Waals surface area contributed by atoms with E-state index in [1.54, 1.807) is 12.1 Å². The maximum atomic E-state index is 12.3. The lowest BCUT2D eigenvalue weighted by atomic mass is 10.1. The van der Waals surface area contributed by atoms with Gasteiger partial charge in [0.1, 0.15) is 4.88 Å². The van der Waals surface area contributed by atoms with Gasteiger partial charge in [-0.1, -0.05) is 23.9 Å². The Morgan fingerprint density at radius 3 is 2.86 bits per heavy atom. The van der Waals surface area contributed by atoms with Crippen LogP contribution < -0.4 is 5.32 Å². The zero-order valence-corrected chi connectivity index (χ0v) is 13.5. The molecule has 2 rings (SSSR count). The van der Waals surface area contributed by atoms with E-state index in [2.05, 4.69) is 30.8 Å². The lowest BCUT2D eigenvalue weighted by Gasteiger charge is -2.10. The predicted molar refractivity (Wildman–Crippen MR) is 83.0 cm³/mol. The molecule has 1 heterocycles. The van der Waals surface area contributed by atoms with Crippen molar-refractivity contribution in [2.45, 2.75) is 19.8 Å². The van der Waals surface area contributed by atoms with Crippen molar-refractivity contribution in [3.63, 3.8) is 0 Å². The van der Waals surface area contributed by atoms with Crippen molar-refractivity contribution in [3.8, 4) is 0 Å². The highest BCUT2D eigenvalue weighted by molar-refractivity contribution is 9.10. The Bertz CT molecular complexity index is 687. The van der Waals surface area contributed by atoms with E-state index in [1.165, 1.54) is 6.07 Å². The Balaban J connectivity index is 2.32. The highest BCUT2D eigenvalue weighted by Gasteiger charge is 2.20. The molecule has 2 N–H and O–H groups in total. The number of nitrogens with zero attached hydrogens (tertiary/aromatic N) is 2. The Morgan fingerprint density at radius 1 is 1.43 bits per heavy atom. The monoisotopic (exact) mass is 369 g/mol. The number of aromatic nitrogens is 2. The minimum Gasteiger partial charge on any atom is -0.478 e. The van der Waals surface area contributed by atoms with E-state index in [9.17, 15) is 14.7 Å². The number of aromatic carboxylic acids is 1. The number of rotatable bonds is 5. The number of aryl methyl sites for hydroxylation is 1. The minimum absolute atomic E-state index is 0.0206. The van der Waals surface area contributed by atoms with Gasteiger partial charge in [0.15, 0.2) is 0 Å². The molecular weight excluding hydrogens is 358 g/mol. The van der Waals surface area contributed by atoms with Crippen LogP contribution in [-0.4, -0.2) is 26.6 Å². The molecule has 0 aliphatic carbocycles. The molecule has 0 atom stereocenters. The van der Waals surface area contributed by atoms with Crippen molar-refractivity contribution in [2.75, 3.05) is 5.32 Å². The summed E-state index contributed by atoms with van der Waals surface area (Å²) in [6, 6.07) is 4.69. The van der Waals surface area contributed by atoms with Gasteiger partial charge in [0.2, 0.25) is 0 Å². The standard InChI is InChI=1S/C13H12BrN3O3S/c1-2-4-9-11(21-17-16-9)12(18)15-10-7(13(19)20)5-3-6-8(10)14/h3,5-6H,2,4H2,1H3,(H,15,18)(H,19,20). The summed E-state index contributed by atoms with van der Waals surface area (Å²) in [5, 5.41) is 15.7. The first kappa shape index (κ1) is 15.6. The van der Waals surface area contributed by atoms with Crippen LogP contribution in [0.2, 0.25) is 0 Å². The summed E-state index contributed by atoms with van der Waals surface area (Å²) in [5.41, 5.74) is 0.877. The summed E-state index contributed by atoms with van der Waals surface area (Å²) in [6.07, 6.45) is 1.50. The lowest BCUT2D eigenvalue weighted by molar-refractivity contribution is 0.0698. The summed E-state index contributed by atoms with van der Waals surface area (Å²) in [4.78, 5) is 23.9. The van der Waals surface area contributed by atoms with E-state index in [4.69, 9.17) is 0 Å². The number of halogens is 1. The first-order chi connectivity index (χ1) is 10.0. The first-order valence-electron chi connectivity index (χ1n) is 6.19. The molecule has 8 heteroatoms. The number of nitrogens with one attached hydrogen (secondary N) is 1. The number of hydrogen-bond donors (Lipinski definition) is 2. The fourth-order valence-corrected chi connectivity index (χ4v) is 2.85. The first-order valence-corrected chi connectivity index (χ1v) is 7.75. The normalized spacial score (nSPS) is 10.4. The van der Waals surface area contributed by atoms with Crippen LogP contribution in [0, 0.1) is 0 Å². The molecule has 0 saturated heterocycles. The molecule has 0 spiro atoms. The average molecular weight is 370 g/mol. The van der Waals surface area contributed by atoms with E-state index >= 15 is 0 Å². The fourth-order valence-electron chi connectivity index (χ4n) is 1.78. The zero-order valence-electron chi connectivity index (χ0n) is 11.1. The van der Waals surface area contributed by atoms with Crippen molar-refractivity contribution in [1.29, 1.82) is 0 Å². The molecule has 1 amide bonds. The third-order valence-electron chi connectivity index (χ3n) is 2.73. The molecule has 0 aliphatic rings. The molecule has 2 aromatic rings. The number of carboxylic acids is 1. The number of carboxylic acid groups (broad SMARTS) is 1. The van der Waals surface area contributed by atoms with Gasteiger partial charge < -0.3 is 10.4 Å². The highest BCUT2D eigenvalue weighted by atomic mass is 79.9. The Kier molecular flexibility index (Phi) is 5.03. The fraction of sp³-hybridized carbons (Fsp3) is 0.231. The van der Waals surface area contributed by atoms with Gasteiger partial charge in [-0.15, -0.1) is 5.10 Å². The molecule has 1 aromatic carbocycles. The number of anilines is 1. The van der Waals surface area contributed by atoms with Crippen LogP contribution in [0.3, 0.4) is 0 Å². The SMILES string of the molecule is CCCc1nnsc1C(=O)Nc1c(Br)cccc1C(=O)O. The van der Waals surface area contributed by atoms with Crippen LogP contribution in [-0.2, 0) is 6.42 Å². The molecule has 110 valence electrons. The van der Waals surface area contributed by atoms with E-state index < -0.39 is 11.9 Å². The predicted octanol–water partition coefficient (Wildman–Crippen LogP) is 3.20. The number of para-hydroxylation sites is 1. The van der Waals surface area contributed by atoms with E-state index in [0.29, 0.717) is 21.5 Å². The molecule has 1 aromatic heterocycles. The molecule has 6 nitrogen and oxygen atoms in total. The Morgan fingerprint density at radius 2 is 2.19 bits per heavy atom. The summed E-state index contributed by atoms with van der Waals surface area (Å²) in [7, 11) is 0. The quantitative estimate of drug-likeness (QED) is 0.843. The van der Waals surface area contributed by atoms with Crippen molar-refractivity contribution in [3.05, 3.63) is 38.8 Å². The topological polar surface area (TPSA) is 92.2 Å². The molecule has 0 fully saturated rings. The summed E-state index contributed by atoms with van der Waals surface area (Å²) < 4.78 is 4.29. The number of amides is 1. The second-order valence-electron chi connectivity index (χ2n) is 4.22.